The maximum absolute atomic E-state index is 12.2. The van der Waals surface area contributed by atoms with Crippen molar-refractivity contribution in [2.45, 2.75) is 31.7 Å². The van der Waals surface area contributed by atoms with Gasteiger partial charge in [0.15, 0.2) is 0 Å². The fourth-order valence-corrected chi connectivity index (χ4v) is 3.36. The summed E-state index contributed by atoms with van der Waals surface area (Å²) < 4.78 is 1.17. The Labute approximate surface area is 122 Å². The highest BCUT2D eigenvalue weighted by atomic mass is 32.1. The number of fused-ring (bicyclic) bond motifs is 1. The summed E-state index contributed by atoms with van der Waals surface area (Å²) in [6.07, 6.45) is 3.32. The minimum atomic E-state index is 0.0450. The lowest BCUT2D eigenvalue weighted by Crippen LogP contribution is -2.35. The van der Waals surface area contributed by atoms with Crippen LogP contribution in [0, 0.1) is 0 Å². The number of hydrogen-bond donors (Lipinski definition) is 1. The van der Waals surface area contributed by atoms with E-state index in [0.717, 1.165) is 23.4 Å². The van der Waals surface area contributed by atoms with Crippen LogP contribution >= 0.6 is 11.3 Å². The van der Waals surface area contributed by atoms with Crippen molar-refractivity contribution in [3.63, 3.8) is 0 Å². The standard InChI is InChI=1S/C15H18N2O2S/c18-10-9-17(11-5-6-11)15(19)8-7-14-16-12-3-1-2-4-13(12)20-14/h1-4,11,18H,5-10H2. The quantitative estimate of drug-likeness (QED) is 0.887. The van der Waals surface area contributed by atoms with Crippen LogP contribution in [0.5, 0.6) is 0 Å². The molecule has 1 amide bonds. The van der Waals surface area contributed by atoms with Crippen LogP contribution in [0.2, 0.25) is 0 Å². The van der Waals surface area contributed by atoms with Gasteiger partial charge in [-0.1, -0.05) is 12.1 Å². The minimum Gasteiger partial charge on any atom is -0.395 e. The Kier molecular flexibility index (Phi) is 3.98. The summed E-state index contributed by atoms with van der Waals surface area (Å²) in [6, 6.07) is 8.41. The molecule has 1 aliphatic carbocycles. The zero-order valence-electron chi connectivity index (χ0n) is 11.3. The summed E-state index contributed by atoms with van der Waals surface area (Å²) in [6.45, 7) is 0.507. The SMILES string of the molecule is O=C(CCc1nc2ccccc2s1)N(CCO)C1CC1. The molecule has 1 aliphatic rings. The van der Waals surface area contributed by atoms with Crippen molar-refractivity contribution in [3.8, 4) is 0 Å². The van der Waals surface area contributed by atoms with Gasteiger partial charge in [-0.15, -0.1) is 11.3 Å². The van der Waals surface area contributed by atoms with E-state index in [0.29, 0.717) is 25.4 Å². The lowest BCUT2D eigenvalue weighted by Gasteiger charge is -2.20. The Bertz CT molecular complexity index is 574. The van der Waals surface area contributed by atoms with Crippen molar-refractivity contribution in [2.24, 2.45) is 0 Å². The number of aryl methyl sites for hydroxylation is 1. The van der Waals surface area contributed by atoms with Gasteiger partial charge < -0.3 is 10.0 Å². The normalized spacial score (nSPS) is 14.7. The first-order chi connectivity index (χ1) is 9.78. The molecule has 0 saturated heterocycles. The fourth-order valence-electron chi connectivity index (χ4n) is 2.39. The van der Waals surface area contributed by atoms with Gasteiger partial charge in [0.1, 0.15) is 0 Å². The molecule has 1 fully saturated rings. The van der Waals surface area contributed by atoms with Gasteiger partial charge in [-0.3, -0.25) is 4.79 Å². The van der Waals surface area contributed by atoms with Gasteiger partial charge in [0.05, 0.1) is 21.8 Å². The summed E-state index contributed by atoms with van der Waals surface area (Å²) in [5.74, 6) is 0.140. The third-order valence-corrected chi connectivity index (χ3v) is 4.64. The van der Waals surface area contributed by atoms with E-state index in [4.69, 9.17) is 5.11 Å². The monoisotopic (exact) mass is 290 g/mol. The van der Waals surface area contributed by atoms with E-state index in [1.54, 1.807) is 11.3 Å². The number of thiazole rings is 1. The zero-order valence-corrected chi connectivity index (χ0v) is 12.1. The smallest absolute Gasteiger partial charge is 0.223 e. The van der Waals surface area contributed by atoms with Crippen molar-refractivity contribution in [3.05, 3.63) is 29.3 Å². The molecule has 0 spiro atoms. The molecule has 1 saturated carbocycles. The van der Waals surface area contributed by atoms with E-state index in [2.05, 4.69) is 11.1 Å². The van der Waals surface area contributed by atoms with Crippen LogP contribution < -0.4 is 0 Å². The molecule has 0 aliphatic heterocycles. The predicted molar refractivity (Wildman–Crippen MR) is 79.8 cm³/mol. The van der Waals surface area contributed by atoms with Gasteiger partial charge in [0.25, 0.3) is 0 Å². The lowest BCUT2D eigenvalue weighted by molar-refractivity contribution is -0.132. The largest absolute Gasteiger partial charge is 0.395 e. The first kappa shape index (κ1) is 13.5. The second-order valence-electron chi connectivity index (χ2n) is 5.12. The van der Waals surface area contributed by atoms with Crippen LogP contribution in [-0.2, 0) is 11.2 Å². The molecule has 1 heterocycles. The second kappa shape index (κ2) is 5.89. The van der Waals surface area contributed by atoms with Gasteiger partial charge in [-0.05, 0) is 25.0 Å². The van der Waals surface area contributed by atoms with Gasteiger partial charge in [-0.2, -0.15) is 0 Å². The topological polar surface area (TPSA) is 53.4 Å². The number of nitrogens with zero attached hydrogens (tertiary/aromatic N) is 2. The first-order valence-electron chi connectivity index (χ1n) is 7.02. The highest BCUT2D eigenvalue weighted by Gasteiger charge is 2.31. The number of para-hydroxylation sites is 1. The molecule has 106 valence electrons. The van der Waals surface area contributed by atoms with Crippen LogP contribution in [0.25, 0.3) is 10.2 Å². The number of aliphatic hydroxyl groups is 1. The highest BCUT2D eigenvalue weighted by Crippen LogP contribution is 2.28. The molecule has 0 radical (unpaired) electrons. The average molecular weight is 290 g/mol. The molecule has 0 bridgehead atoms. The number of carbonyl (C=O) groups excluding carboxylic acids is 1. The number of amides is 1. The zero-order chi connectivity index (χ0) is 13.9. The van der Waals surface area contributed by atoms with Gasteiger partial charge in [0.2, 0.25) is 5.91 Å². The fraction of sp³-hybridized carbons (Fsp3) is 0.467. The summed E-state index contributed by atoms with van der Waals surface area (Å²) in [7, 11) is 0. The number of hydrogen-bond acceptors (Lipinski definition) is 4. The molecule has 1 aromatic heterocycles. The van der Waals surface area contributed by atoms with E-state index in [-0.39, 0.29) is 12.5 Å². The summed E-state index contributed by atoms with van der Waals surface area (Å²) >= 11 is 1.66. The van der Waals surface area contributed by atoms with Crippen molar-refractivity contribution >= 4 is 27.5 Å². The molecular weight excluding hydrogens is 272 g/mol. The van der Waals surface area contributed by atoms with E-state index in [1.807, 2.05) is 23.1 Å². The molecule has 4 nitrogen and oxygen atoms in total. The van der Waals surface area contributed by atoms with E-state index < -0.39 is 0 Å². The molecule has 0 unspecified atom stereocenters. The summed E-state index contributed by atoms with van der Waals surface area (Å²) in [4.78, 5) is 18.6. The molecule has 2 aromatic rings. The van der Waals surface area contributed by atoms with Crippen molar-refractivity contribution in [1.82, 2.24) is 9.88 Å². The van der Waals surface area contributed by atoms with E-state index >= 15 is 0 Å². The van der Waals surface area contributed by atoms with Crippen LogP contribution in [0.4, 0.5) is 0 Å². The second-order valence-corrected chi connectivity index (χ2v) is 6.23. The Morgan fingerprint density at radius 2 is 2.20 bits per heavy atom. The molecule has 5 heteroatoms. The van der Waals surface area contributed by atoms with Crippen LogP contribution in [0.3, 0.4) is 0 Å². The molecule has 1 N–H and O–H groups in total. The summed E-state index contributed by atoms with van der Waals surface area (Å²) in [5, 5.41) is 10.1. The number of aromatic nitrogens is 1. The van der Waals surface area contributed by atoms with Crippen molar-refractivity contribution in [1.29, 1.82) is 0 Å². The molecule has 20 heavy (non-hydrogen) atoms. The number of rotatable bonds is 6. The maximum atomic E-state index is 12.2. The minimum absolute atomic E-state index is 0.0450. The van der Waals surface area contributed by atoms with Crippen LogP contribution in [-0.4, -0.2) is 40.1 Å². The van der Waals surface area contributed by atoms with Crippen molar-refractivity contribution in [2.75, 3.05) is 13.2 Å². The number of benzene rings is 1. The van der Waals surface area contributed by atoms with E-state index in [1.165, 1.54) is 4.70 Å². The van der Waals surface area contributed by atoms with Crippen LogP contribution in [0.15, 0.2) is 24.3 Å². The van der Waals surface area contributed by atoms with Gasteiger partial charge in [-0.25, -0.2) is 4.98 Å². The Morgan fingerprint density at radius 1 is 1.40 bits per heavy atom. The third kappa shape index (κ3) is 2.99. The number of carbonyl (C=O) groups is 1. The van der Waals surface area contributed by atoms with Gasteiger partial charge in [0, 0.05) is 25.4 Å². The predicted octanol–water partition coefficient (Wildman–Crippen LogP) is 2.21. The van der Waals surface area contributed by atoms with Gasteiger partial charge >= 0.3 is 0 Å². The molecule has 3 rings (SSSR count). The number of aliphatic hydroxyl groups excluding tert-OH is 1. The first-order valence-corrected chi connectivity index (χ1v) is 7.84. The Morgan fingerprint density at radius 3 is 2.90 bits per heavy atom. The summed E-state index contributed by atoms with van der Waals surface area (Å²) in [5.41, 5.74) is 1.01. The Balaban J connectivity index is 1.61. The van der Waals surface area contributed by atoms with Crippen molar-refractivity contribution < 1.29 is 9.90 Å². The maximum Gasteiger partial charge on any atom is 0.223 e. The Hall–Kier alpha value is -1.46. The highest BCUT2D eigenvalue weighted by molar-refractivity contribution is 7.18. The lowest BCUT2D eigenvalue weighted by atomic mass is 10.2. The molecule has 0 atom stereocenters. The van der Waals surface area contributed by atoms with E-state index in [9.17, 15) is 4.79 Å². The molecule has 1 aromatic carbocycles. The van der Waals surface area contributed by atoms with Crippen LogP contribution in [0.1, 0.15) is 24.3 Å². The average Bonchev–Trinajstić information content (AvgIpc) is 3.20. The third-order valence-electron chi connectivity index (χ3n) is 3.54. The molecular formula is C15H18N2O2S.